The number of pyridine rings is 1. The van der Waals surface area contributed by atoms with Gasteiger partial charge in [0.15, 0.2) is 0 Å². The predicted molar refractivity (Wildman–Crippen MR) is 75.8 cm³/mol. The Kier molecular flexibility index (Phi) is 3.84. The Labute approximate surface area is 117 Å². The maximum absolute atomic E-state index is 12.0. The maximum atomic E-state index is 12.0. The molecule has 6 heteroatoms. The van der Waals surface area contributed by atoms with E-state index in [1.54, 1.807) is 6.07 Å². The smallest absolute Gasteiger partial charge is 0.257 e. The first-order chi connectivity index (χ1) is 8.58. The third-order valence-corrected chi connectivity index (χ3v) is 3.17. The zero-order valence-corrected chi connectivity index (χ0v) is 11.5. The molecule has 4 nitrogen and oxygen atoms in total. The number of benzene rings is 1. The standard InChI is InChI=1S/C12H9BrClN3O/c13-8-3-1-2-4-10(8)17-12(18)7-5-11(14)16-6-9(7)15/h1-6H,15H2,(H,17,18). The minimum atomic E-state index is -0.330. The monoisotopic (exact) mass is 325 g/mol. The molecule has 0 bridgehead atoms. The summed E-state index contributed by atoms with van der Waals surface area (Å²) in [7, 11) is 0. The summed E-state index contributed by atoms with van der Waals surface area (Å²) in [6.45, 7) is 0. The van der Waals surface area contributed by atoms with Crippen LogP contribution in [0.5, 0.6) is 0 Å². The molecule has 18 heavy (non-hydrogen) atoms. The molecule has 1 aromatic carbocycles. The molecule has 1 heterocycles. The number of para-hydroxylation sites is 1. The molecule has 0 saturated heterocycles. The number of halogens is 2. The van der Waals surface area contributed by atoms with E-state index in [1.165, 1.54) is 12.3 Å². The topological polar surface area (TPSA) is 68.0 Å². The number of hydrogen-bond donors (Lipinski definition) is 2. The van der Waals surface area contributed by atoms with E-state index in [0.717, 1.165) is 4.47 Å². The molecule has 0 unspecified atom stereocenters. The number of nitrogens with one attached hydrogen (secondary N) is 1. The van der Waals surface area contributed by atoms with E-state index in [4.69, 9.17) is 17.3 Å². The number of rotatable bonds is 2. The van der Waals surface area contributed by atoms with Crippen molar-refractivity contribution in [1.29, 1.82) is 0 Å². The SMILES string of the molecule is Nc1cnc(Cl)cc1C(=O)Nc1ccccc1Br. The van der Waals surface area contributed by atoms with Crippen LogP contribution < -0.4 is 11.1 Å². The van der Waals surface area contributed by atoms with Gasteiger partial charge in [-0.05, 0) is 34.1 Å². The maximum Gasteiger partial charge on any atom is 0.257 e. The highest BCUT2D eigenvalue weighted by atomic mass is 79.9. The van der Waals surface area contributed by atoms with Crippen molar-refractivity contribution >= 4 is 44.8 Å². The Morgan fingerprint density at radius 2 is 2.11 bits per heavy atom. The Morgan fingerprint density at radius 1 is 1.39 bits per heavy atom. The van der Waals surface area contributed by atoms with Crippen molar-refractivity contribution in [2.75, 3.05) is 11.1 Å². The molecule has 0 saturated carbocycles. The number of amides is 1. The van der Waals surface area contributed by atoms with Gasteiger partial charge in [-0.1, -0.05) is 23.7 Å². The third kappa shape index (κ3) is 2.80. The average molecular weight is 327 g/mol. The van der Waals surface area contributed by atoms with Gasteiger partial charge in [0.2, 0.25) is 0 Å². The first-order valence-electron chi connectivity index (χ1n) is 5.05. The molecule has 0 aliphatic heterocycles. The van der Waals surface area contributed by atoms with Crippen LogP contribution in [0.3, 0.4) is 0 Å². The van der Waals surface area contributed by atoms with Crippen LogP contribution in [0.15, 0.2) is 41.0 Å². The fourth-order valence-corrected chi connectivity index (χ4v) is 1.93. The van der Waals surface area contributed by atoms with Crippen LogP contribution >= 0.6 is 27.5 Å². The van der Waals surface area contributed by atoms with Crippen LogP contribution in [0.4, 0.5) is 11.4 Å². The summed E-state index contributed by atoms with van der Waals surface area (Å²) in [6.07, 6.45) is 1.36. The summed E-state index contributed by atoms with van der Waals surface area (Å²) in [6, 6.07) is 8.73. The van der Waals surface area contributed by atoms with Crippen molar-refractivity contribution in [2.24, 2.45) is 0 Å². The second kappa shape index (κ2) is 5.37. The molecule has 92 valence electrons. The molecular weight excluding hydrogens is 318 g/mol. The van der Waals surface area contributed by atoms with Gasteiger partial charge in [-0.2, -0.15) is 0 Å². The lowest BCUT2D eigenvalue weighted by molar-refractivity contribution is 0.102. The minimum absolute atomic E-state index is 0.224. The van der Waals surface area contributed by atoms with E-state index in [9.17, 15) is 4.79 Å². The molecule has 0 atom stereocenters. The highest BCUT2D eigenvalue weighted by Crippen LogP contribution is 2.23. The summed E-state index contributed by atoms with van der Waals surface area (Å²) in [5.74, 6) is -0.330. The lowest BCUT2D eigenvalue weighted by atomic mass is 10.2. The van der Waals surface area contributed by atoms with Crippen molar-refractivity contribution in [3.63, 3.8) is 0 Å². The zero-order chi connectivity index (χ0) is 13.1. The van der Waals surface area contributed by atoms with Gasteiger partial charge in [-0.3, -0.25) is 4.79 Å². The van der Waals surface area contributed by atoms with Crippen LogP contribution in [0.2, 0.25) is 5.15 Å². The molecule has 0 radical (unpaired) electrons. The zero-order valence-electron chi connectivity index (χ0n) is 9.15. The summed E-state index contributed by atoms with van der Waals surface area (Å²) in [4.78, 5) is 15.8. The highest BCUT2D eigenvalue weighted by molar-refractivity contribution is 9.10. The van der Waals surface area contributed by atoms with Gasteiger partial charge in [-0.15, -0.1) is 0 Å². The van der Waals surface area contributed by atoms with Gasteiger partial charge in [-0.25, -0.2) is 4.98 Å². The van der Waals surface area contributed by atoms with Crippen LogP contribution in [-0.4, -0.2) is 10.9 Å². The van der Waals surface area contributed by atoms with Gasteiger partial charge >= 0.3 is 0 Å². The Balaban J connectivity index is 2.28. The summed E-state index contributed by atoms with van der Waals surface area (Å²) < 4.78 is 0.789. The Hall–Kier alpha value is -1.59. The molecule has 1 amide bonds. The summed E-state index contributed by atoms with van der Waals surface area (Å²) in [5.41, 5.74) is 6.93. The summed E-state index contributed by atoms with van der Waals surface area (Å²) in [5, 5.41) is 2.97. The predicted octanol–water partition coefficient (Wildman–Crippen LogP) is 3.33. The van der Waals surface area contributed by atoms with E-state index in [0.29, 0.717) is 11.3 Å². The van der Waals surface area contributed by atoms with Crippen LogP contribution in [0.25, 0.3) is 0 Å². The van der Waals surface area contributed by atoms with Crippen LogP contribution in [0, 0.1) is 0 Å². The van der Waals surface area contributed by atoms with E-state index in [2.05, 4.69) is 26.2 Å². The van der Waals surface area contributed by atoms with E-state index in [1.807, 2.05) is 18.2 Å². The molecular formula is C12H9BrClN3O. The number of hydrogen-bond acceptors (Lipinski definition) is 3. The molecule has 1 aromatic heterocycles. The van der Waals surface area contributed by atoms with Crippen molar-refractivity contribution < 1.29 is 4.79 Å². The first kappa shape index (κ1) is 12.9. The second-order valence-corrected chi connectivity index (χ2v) is 4.77. The van der Waals surface area contributed by atoms with Crippen LogP contribution in [0.1, 0.15) is 10.4 Å². The molecule has 0 aliphatic rings. The normalized spacial score (nSPS) is 10.1. The number of nitrogens with two attached hydrogens (primary N) is 1. The molecule has 0 fully saturated rings. The van der Waals surface area contributed by atoms with E-state index < -0.39 is 0 Å². The second-order valence-electron chi connectivity index (χ2n) is 3.53. The quantitative estimate of drug-likeness (QED) is 0.832. The van der Waals surface area contributed by atoms with E-state index in [-0.39, 0.29) is 16.7 Å². The first-order valence-corrected chi connectivity index (χ1v) is 6.22. The lowest BCUT2D eigenvalue weighted by Crippen LogP contribution is -2.14. The van der Waals surface area contributed by atoms with Gasteiger partial charge in [0, 0.05) is 4.47 Å². The molecule has 2 rings (SSSR count). The number of nitrogen functional groups attached to an aromatic ring is 1. The van der Waals surface area contributed by atoms with Gasteiger partial charge in [0.25, 0.3) is 5.91 Å². The molecule has 0 spiro atoms. The number of nitrogens with zero attached hydrogens (tertiary/aromatic N) is 1. The van der Waals surface area contributed by atoms with Crippen LogP contribution in [-0.2, 0) is 0 Å². The molecule has 3 N–H and O–H groups in total. The Bertz CT molecular complexity index is 604. The van der Waals surface area contributed by atoms with E-state index >= 15 is 0 Å². The third-order valence-electron chi connectivity index (χ3n) is 2.27. The fraction of sp³-hybridized carbons (Fsp3) is 0. The molecule has 0 aliphatic carbocycles. The van der Waals surface area contributed by atoms with Crippen molar-refractivity contribution in [3.05, 3.63) is 51.7 Å². The fourth-order valence-electron chi connectivity index (χ4n) is 1.39. The van der Waals surface area contributed by atoms with Gasteiger partial charge in [0.1, 0.15) is 5.15 Å². The highest BCUT2D eigenvalue weighted by Gasteiger charge is 2.12. The lowest BCUT2D eigenvalue weighted by Gasteiger charge is -2.08. The number of anilines is 2. The number of carbonyl (C=O) groups excluding carboxylic acids is 1. The average Bonchev–Trinajstić information content (AvgIpc) is 2.35. The molecule has 2 aromatic rings. The van der Waals surface area contributed by atoms with Gasteiger partial charge < -0.3 is 11.1 Å². The van der Waals surface area contributed by atoms with Crippen molar-refractivity contribution in [1.82, 2.24) is 4.98 Å². The van der Waals surface area contributed by atoms with Gasteiger partial charge in [0.05, 0.1) is 23.1 Å². The Morgan fingerprint density at radius 3 is 2.83 bits per heavy atom. The minimum Gasteiger partial charge on any atom is -0.397 e. The summed E-state index contributed by atoms with van der Waals surface area (Å²) >= 11 is 9.09. The number of aromatic nitrogens is 1. The van der Waals surface area contributed by atoms with Crippen molar-refractivity contribution in [3.8, 4) is 0 Å². The van der Waals surface area contributed by atoms with Crippen molar-refractivity contribution in [2.45, 2.75) is 0 Å². The largest absolute Gasteiger partial charge is 0.397 e. The number of carbonyl (C=O) groups is 1.